The van der Waals surface area contributed by atoms with E-state index in [1.165, 1.54) is 0 Å². The molecule has 1 aromatic rings. The highest BCUT2D eigenvalue weighted by Gasteiger charge is 2.21. The molecular weight excluding hydrogens is 264 g/mol. The van der Waals surface area contributed by atoms with Crippen LogP contribution in [0.5, 0.6) is 0 Å². The topological polar surface area (TPSA) is 60.4 Å². The monoisotopic (exact) mass is 284 g/mol. The quantitative estimate of drug-likeness (QED) is 0.779. The molecule has 0 aliphatic carbocycles. The minimum Gasteiger partial charge on any atom is -0.461 e. The lowest BCUT2D eigenvalue weighted by atomic mass is 10.2. The van der Waals surface area contributed by atoms with Gasteiger partial charge in [0.1, 0.15) is 6.10 Å². The fourth-order valence-electron chi connectivity index (χ4n) is 1.52. The number of benzene rings is 1. The summed E-state index contributed by atoms with van der Waals surface area (Å²) in [5.41, 5.74) is 0.998. The van der Waals surface area contributed by atoms with Crippen LogP contribution in [0.2, 0.25) is 0 Å². The number of hydrogen-bond acceptors (Lipinski definition) is 4. The second-order valence-corrected chi connectivity index (χ2v) is 7.03. The summed E-state index contributed by atoms with van der Waals surface area (Å²) in [5.74, 6) is -0.842. The molecule has 4 nitrogen and oxygen atoms in total. The van der Waals surface area contributed by atoms with E-state index in [9.17, 15) is 13.2 Å². The van der Waals surface area contributed by atoms with E-state index in [1.54, 1.807) is 45.0 Å². The van der Waals surface area contributed by atoms with Gasteiger partial charge in [0.25, 0.3) is 0 Å². The standard InChI is InChI=1S/C14H20O4S/c1-10(2)14(15)18-12(4)9-19(16,17)13-7-5-11(3)6-8-13/h5-8,10,12H,9H2,1-4H3. The maximum absolute atomic E-state index is 12.1. The van der Waals surface area contributed by atoms with Gasteiger partial charge in [-0.3, -0.25) is 4.79 Å². The molecule has 0 N–H and O–H groups in total. The lowest BCUT2D eigenvalue weighted by Crippen LogP contribution is -2.26. The number of ether oxygens (including phenoxy) is 1. The molecule has 0 heterocycles. The summed E-state index contributed by atoms with van der Waals surface area (Å²) in [6.07, 6.45) is -0.652. The Kier molecular flexibility index (Phi) is 5.11. The Morgan fingerprint density at radius 2 is 1.68 bits per heavy atom. The summed E-state index contributed by atoms with van der Waals surface area (Å²) in [6, 6.07) is 6.64. The summed E-state index contributed by atoms with van der Waals surface area (Å²) in [4.78, 5) is 11.7. The molecule has 1 unspecified atom stereocenters. The van der Waals surface area contributed by atoms with Crippen LogP contribution in [0.4, 0.5) is 0 Å². The lowest BCUT2D eigenvalue weighted by molar-refractivity contribution is -0.150. The first-order valence-electron chi connectivity index (χ1n) is 6.22. The van der Waals surface area contributed by atoms with Crippen LogP contribution in [-0.2, 0) is 19.4 Å². The molecule has 106 valence electrons. The normalized spacial score (nSPS) is 13.3. The number of aryl methyl sites for hydroxylation is 1. The molecular formula is C14H20O4S. The predicted molar refractivity (Wildman–Crippen MR) is 73.6 cm³/mol. The van der Waals surface area contributed by atoms with Crippen molar-refractivity contribution in [3.63, 3.8) is 0 Å². The van der Waals surface area contributed by atoms with Crippen molar-refractivity contribution in [2.75, 3.05) is 5.75 Å². The summed E-state index contributed by atoms with van der Waals surface area (Å²) >= 11 is 0. The molecule has 0 saturated heterocycles. The van der Waals surface area contributed by atoms with E-state index in [4.69, 9.17) is 4.74 Å². The molecule has 0 saturated carbocycles. The van der Waals surface area contributed by atoms with Gasteiger partial charge in [-0.1, -0.05) is 31.5 Å². The average Bonchev–Trinajstić information content (AvgIpc) is 2.28. The fourth-order valence-corrected chi connectivity index (χ4v) is 2.95. The van der Waals surface area contributed by atoms with Crippen LogP contribution in [0.15, 0.2) is 29.2 Å². The Morgan fingerprint density at radius 1 is 1.16 bits per heavy atom. The maximum atomic E-state index is 12.1. The number of carbonyl (C=O) groups is 1. The largest absolute Gasteiger partial charge is 0.461 e. The van der Waals surface area contributed by atoms with Crippen molar-refractivity contribution in [2.45, 2.75) is 38.7 Å². The third-order valence-electron chi connectivity index (χ3n) is 2.62. The molecule has 0 aliphatic heterocycles. The molecule has 1 aromatic carbocycles. The van der Waals surface area contributed by atoms with Gasteiger partial charge in [-0.05, 0) is 26.0 Å². The molecule has 0 fully saturated rings. The van der Waals surface area contributed by atoms with E-state index in [2.05, 4.69) is 0 Å². The zero-order valence-corrected chi connectivity index (χ0v) is 12.5. The van der Waals surface area contributed by atoms with Crippen LogP contribution in [-0.4, -0.2) is 26.2 Å². The van der Waals surface area contributed by atoms with Crippen LogP contribution < -0.4 is 0 Å². The summed E-state index contributed by atoms with van der Waals surface area (Å²) < 4.78 is 29.3. The van der Waals surface area contributed by atoms with E-state index < -0.39 is 15.9 Å². The first-order valence-corrected chi connectivity index (χ1v) is 7.87. The predicted octanol–water partition coefficient (Wildman–Crippen LogP) is 2.36. The molecule has 0 aromatic heterocycles. The second kappa shape index (κ2) is 6.19. The Hall–Kier alpha value is -1.36. The van der Waals surface area contributed by atoms with Gasteiger partial charge >= 0.3 is 5.97 Å². The van der Waals surface area contributed by atoms with Gasteiger partial charge in [0.05, 0.1) is 16.6 Å². The van der Waals surface area contributed by atoms with Gasteiger partial charge in [-0.2, -0.15) is 0 Å². The third kappa shape index (κ3) is 4.67. The molecule has 1 atom stereocenters. The van der Waals surface area contributed by atoms with E-state index in [0.717, 1.165) is 5.56 Å². The van der Waals surface area contributed by atoms with Crippen LogP contribution >= 0.6 is 0 Å². The Balaban J connectivity index is 2.74. The number of carbonyl (C=O) groups excluding carboxylic acids is 1. The number of rotatable bonds is 5. The van der Waals surface area contributed by atoms with Crippen LogP contribution in [0, 0.1) is 12.8 Å². The first kappa shape index (κ1) is 15.7. The Labute approximate surface area is 114 Å². The van der Waals surface area contributed by atoms with Gasteiger partial charge in [0, 0.05) is 0 Å². The second-order valence-electron chi connectivity index (χ2n) is 5.00. The highest BCUT2D eigenvalue weighted by atomic mass is 32.2. The smallest absolute Gasteiger partial charge is 0.308 e. The Morgan fingerprint density at radius 3 is 2.16 bits per heavy atom. The van der Waals surface area contributed by atoms with Gasteiger partial charge < -0.3 is 4.74 Å². The number of sulfone groups is 1. The maximum Gasteiger partial charge on any atom is 0.308 e. The Bertz CT molecular complexity index is 529. The SMILES string of the molecule is Cc1ccc(S(=O)(=O)CC(C)OC(=O)C(C)C)cc1. The molecule has 0 bridgehead atoms. The van der Waals surface area contributed by atoms with E-state index in [1.807, 2.05) is 6.92 Å². The highest BCUT2D eigenvalue weighted by Crippen LogP contribution is 2.14. The highest BCUT2D eigenvalue weighted by molar-refractivity contribution is 7.91. The first-order chi connectivity index (χ1) is 8.72. The average molecular weight is 284 g/mol. The van der Waals surface area contributed by atoms with Crippen molar-refractivity contribution in [1.82, 2.24) is 0 Å². The minimum atomic E-state index is -3.42. The molecule has 1 rings (SSSR count). The van der Waals surface area contributed by atoms with Gasteiger partial charge in [0.15, 0.2) is 9.84 Å². The van der Waals surface area contributed by atoms with E-state index >= 15 is 0 Å². The molecule has 0 amide bonds. The van der Waals surface area contributed by atoms with Crippen LogP contribution in [0.3, 0.4) is 0 Å². The van der Waals surface area contributed by atoms with Crippen molar-refractivity contribution in [2.24, 2.45) is 5.92 Å². The summed E-state index contributed by atoms with van der Waals surface area (Å²) in [6.45, 7) is 6.91. The lowest BCUT2D eigenvalue weighted by Gasteiger charge is -2.15. The molecule has 19 heavy (non-hydrogen) atoms. The molecule has 0 radical (unpaired) electrons. The van der Waals surface area contributed by atoms with E-state index in [0.29, 0.717) is 0 Å². The van der Waals surface area contributed by atoms with Gasteiger partial charge in [-0.15, -0.1) is 0 Å². The third-order valence-corrected chi connectivity index (χ3v) is 4.52. The zero-order chi connectivity index (χ0) is 14.6. The van der Waals surface area contributed by atoms with Gasteiger partial charge in [-0.25, -0.2) is 8.42 Å². The van der Waals surface area contributed by atoms with Crippen LogP contribution in [0.1, 0.15) is 26.3 Å². The molecule has 0 spiro atoms. The minimum absolute atomic E-state index is 0.200. The summed E-state index contributed by atoms with van der Waals surface area (Å²) in [5, 5.41) is 0. The van der Waals surface area contributed by atoms with Crippen molar-refractivity contribution < 1.29 is 17.9 Å². The van der Waals surface area contributed by atoms with Crippen LogP contribution in [0.25, 0.3) is 0 Å². The van der Waals surface area contributed by atoms with Crippen molar-refractivity contribution in [3.8, 4) is 0 Å². The number of hydrogen-bond donors (Lipinski definition) is 0. The summed E-state index contributed by atoms with van der Waals surface area (Å²) in [7, 11) is -3.42. The van der Waals surface area contributed by atoms with Crippen molar-refractivity contribution in [3.05, 3.63) is 29.8 Å². The fraction of sp³-hybridized carbons (Fsp3) is 0.500. The van der Waals surface area contributed by atoms with Crippen molar-refractivity contribution in [1.29, 1.82) is 0 Å². The zero-order valence-electron chi connectivity index (χ0n) is 11.7. The van der Waals surface area contributed by atoms with Crippen molar-refractivity contribution >= 4 is 15.8 Å². The number of esters is 1. The van der Waals surface area contributed by atoms with Gasteiger partial charge in [0.2, 0.25) is 0 Å². The molecule has 5 heteroatoms. The molecule has 0 aliphatic rings. The van der Waals surface area contributed by atoms with E-state index in [-0.39, 0.29) is 22.5 Å².